The number of carbonyl (C=O) groups excluding carboxylic acids is 1. The van der Waals surface area contributed by atoms with E-state index in [1.54, 1.807) is 17.6 Å². The van der Waals surface area contributed by atoms with Crippen LogP contribution < -0.4 is 15.1 Å². The number of rotatable bonds is 7. The van der Waals surface area contributed by atoms with Crippen molar-refractivity contribution in [3.05, 3.63) is 40.9 Å². The van der Waals surface area contributed by atoms with Crippen LogP contribution in [0, 0.1) is 0 Å². The topological polar surface area (TPSA) is 76.0 Å². The predicted octanol–water partition coefficient (Wildman–Crippen LogP) is 2.07. The fraction of sp³-hybridized carbons (Fsp3) is 0.389. The molecule has 1 N–H and O–H groups in total. The summed E-state index contributed by atoms with van der Waals surface area (Å²) in [7, 11) is 0. The van der Waals surface area contributed by atoms with Gasteiger partial charge in [-0.15, -0.1) is 11.3 Å². The highest BCUT2D eigenvalue weighted by atomic mass is 32.1. The van der Waals surface area contributed by atoms with Gasteiger partial charge in [0.2, 0.25) is 5.91 Å². The second kappa shape index (κ2) is 9.30. The van der Waals surface area contributed by atoms with Crippen LogP contribution in [0.25, 0.3) is 0 Å². The monoisotopic (exact) mass is 374 g/mol. The average Bonchev–Trinajstić information content (AvgIpc) is 3.12. The molecular weight excluding hydrogens is 352 g/mol. The van der Waals surface area contributed by atoms with Crippen molar-refractivity contribution in [3.63, 3.8) is 0 Å². The van der Waals surface area contributed by atoms with Crippen LogP contribution in [0.15, 0.2) is 34.7 Å². The Morgan fingerprint density at radius 1 is 1.38 bits per heavy atom. The number of thiazole rings is 1. The highest BCUT2D eigenvalue weighted by Gasteiger charge is 2.15. The quantitative estimate of drug-likeness (QED) is 0.593. The second-order valence-electron chi connectivity index (χ2n) is 5.69. The van der Waals surface area contributed by atoms with Gasteiger partial charge in [-0.25, -0.2) is 10.4 Å². The predicted molar refractivity (Wildman–Crippen MR) is 102 cm³/mol. The molecule has 0 unspecified atom stereocenters. The van der Waals surface area contributed by atoms with Gasteiger partial charge in [0.05, 0.1) is 38.1 Å². The maximum atomic E-state index is 12.0. The summed E-state index contributed by atoms with van der Waals surface area (Å²) < 4.78 is 10.7. The molecular formula is C18H22N4O3S. The maximum absolute atomic E-state index is 12.0. The molecule has 138 valence electrons. The summed E-state index contributed by atoms with van der Waals surface area (Å²) in [6.07, 6.45) is 1.81. The van der Waals surface area contributed by atoms with Gasteiger partial charge in [0.25, 0.3) is 0 Å². The normalized spacial score (nSPS) is 14.6. The van der Waals surface area contributed by atoms with E-state index in [2.05, 4.69) is 20.4 Å². The summed E-state index contributed by atoms with van der Waals surface area (Å²) in [4.78, 5) is 18.7. The van der Waals surface area contributed by atoms with Crippen molar-refractivity contribution in [2.45, 2.75) is 13.3 Å². The van der Waals surface area contributed by atoms with Crippen molar-refractivity contribution in [3.8, 4) is 5.75 Å². The lowest BCUT2D eigenvalue weighted by atomic mass is 10.2. The summed E-state index contributed by atoms with van der Waals surface area (Å²) in [5, 5.41) is 6.85. The van der Waals surface area contributed by atoms with Gasteiger partial charge in [0, 0.05) is 18.5 Å². The number of anilines is 1. The van der Waals surface area contributed by atoms with E-state index in [0.717, 1.165) is 48.4 Å². The van der Waals surface area contributed by atoms with Crippen molar-refractivity contribution < 1.29 is 14.3 Å². The third-order valence-corrected chi connectivity index (χ3v) is 4.71. The van der Waals surface area contributed by atoms with Crippen LogP contribution in [0.3, 0.4) is 0 Å². The van der Waals surface area contributed by atoms with Crippen LogP contribution in [0.4, 0.5) is 5.13 Å². The van der Waals surface area contributed by atoms with E-state index in [0.29, 0.717) is 6.61 Å². The van der Waals surface area contributed by atoms with E-state index in [4.69, 9.17) is 9.47 Å². The second-order valence-corrected chi connectivity index (χ2v) is 6.53. The van der Waals surface area contributed by atoms with Gasteiger partial charge < -0.3 is 14.4 Å². The number of ether oxygens (including phenoxy) is 2. The molecule has 1 aliphatic rings. The third kappa shape index (κ3) is 5.27. The van der Waals surface area contributed by atoms with Crippen LogP contribution >= 0.6 is 11.3 Å². The average molecular weight is 374 g/mol. The van der Waals surface area contributed by atoms with E-state index < -0.39 is 0 Å². The van der Waals surface area contributed by atoms with Crippen LogP contribution in [0.1, 0.15) is 18.2 Å². The third-order valence-electron chi connectivity index (χ3n) is 3.76. The molecule has 0 spiro atoms. The summed E-state index contributed by atoms with van der Waals surface area (Å²) in [5.41, 5.74) is 4.18. The van der Waals surface area contributed by atoms with Crippen molar-refractivity contribution >= 4 is 28.6 Å². The Hall–Kier alpha value is -2.45. The Balaban J connectivity index is 1.47. The van der Waals surface area contributed by atoms with Gasteiger partial charge in [-0.2, -0.15) is 5.10 Å². The molecule has 1 aliphatic heterocycles. The number of aromatic nitrogens is 1. The molecule has 1 aromatic heterocycles. The minimum atomic E-state index is -0.189. The molecule has 0 saturated carbocycles. The van der Waals surface area contributed by atoms with Crippen LogP contribution in [-0.4, -0.2) is 50.0 Å². The number of nitrogens with zero attached hydrogens (tertiary/aromatic N) is 3. The molecule has 2 aromatic rings. The Labute approximate surface area is 156 Å². The number of hydrogen-bond acceptors (Lipinski definition) is 7. The zero-order valence-electron chi connectivity index (χ0n) is 14.7. The summed E-state index contributed by atoms with van der Waals surface area (Å²) in [5.74, 6) is 0.624. The summed E-state index contributed by atoms with van der Waals surface area (Å²) >= 11 is 1.55. The largest absolute Gasteiger partial charge is 0.494 e. The lowest BCUT2D eigenvalue weighted by Gasteiger charge is -2.26. The lowest BCUT2D eigenvalue weighted by molar-refractivity contribution is -0.120. The standard InChI is InChI=1S/C18H22N4O3S/c1-2-25-16-5-3-14(4-6-16)12-19-21-17(23)11-15-13-26-18(20-15)22-7-9-24-10-8-22/h3-6,12-13H,2,7-11H2,1H3,(H,21,23)/b19-12-. The zero-order valence-corrected chi connectivity index (χ0v) is 15.5. The van der Waals surface area contributed by atoms with E-state index in [-0.39, 0.29) is 12.3 Å². The SMILES string of the molecule is CCOc1ccc(/C=N\NC(=O)Cc2csc(N3CCOCC3)n2)cc1. The number of hydrogen-bond donors (Lipinski definition) is 1. The Kier molecular flexibility index (Phi) is 6.56. The number of morpholine rings is 1. The summed E-state index contributed by atoms with van der Waals surface area (Å²) in [6.45, 7) is 5.69. The molecule has 0 radical (unpaired) electrons. The van der Waals surface area contributed by atoms with E-state index in [9.17, 15) is 4.79 Å². The van der Waals surface area contributed by atoms with Gasteiger partial charge in [0.15, 0.2) is 5.13 Å². The van der Waals surface area contributed by atoms with Crippen molar-refractivity contribution in [1.82, 2.24) is 10.4 Å². The minimum Gasteiger partial charge on any atom is -0.494 e. The fourth-order valence-corrected chi connectivity index (χ4v) is 3.36. The Morgan fingerprint density at radius 2 is 2.15 bits per heavy atom. The van der Waals surface area contributed by atoms with Gasteiger partial charge in [0.1, 0.15) is 5.75 Å². The maximum Gasteiger partial charge on any atom is 0.246 e. The number of nitrogens with one attached hydrogen (secondary N) is 1. The zero-order chi connectivity index (χ0) is 18.2. The molecule has 1 aromatic carbocycles. The molecule has 2 heterocycles. The number of amides is 1. The molecule has 8 heteroatoms. The van der Waals surface area contributed by atoms with Gasteiger partial charge in [-0.05, 0) is 36.8 Å². The number of benzene rings is 1. The van der Waals surface area contributed by atoms with Crippen LogP contribution in [-0.2, 0) is 16.0 Å². The first kappa shape index (κ1) is 18.3. The molecule has 1 fully saturated rings. The van der Waals surface area contributed by atoms with Gasteiger partial charge in [-0.1, -0.05) is 0 Å². The van der Waals surface area contributed by atoms with Crippen LogP contribution in [0.5, 0.6) is 5.75 Å². The first-order valence-corrected chi connectivity index (χ1v) is 9.44. The van der Waals surface area contributed by atoms with Gasteiger partial charge in [-0.3, -0.25) is 4.79 Å². The minimum absolute atomic E-state index is 0.189. The van der Waals surface area contributed by atoms with E-state index in [1.165, 1.54) is 0 Å². The van der Waals surface area contributed by atoms with Crippen molar-refractivity contribution in [1.29, 1.82) is 0 Å². The fourth-order valence-electron chi connectivity index (χ4n) is 2.48. The highest BCUT2D eigenvalue weighted by Crippen LogP contribution is 2.21. The number of hydrazone groups is 1. The molecule has 1 amide bonds. The smallest absolute Gasteiger partial charge is 0.246 e. The molecule has 0 aliphatic carbocycles. The Morgan fingerprint density at radius 3 is 2.88 bits per heavy atom. The molecule has 1 saturated heterocycles. The summed E-state index contributed by atoms with van der Waals surface area (Å²) in [6, 6.07) is 7.51. The molecule has 0 bridgehead atoms. The molecule has 3 rings (SSSR count). The first-order chi connectivity index (χ1) is 12.7. The first-order valence-electron chi connectivity index (χ1n) is 8.56. The lowest BCUT2D eigenvalue weighted by Crippen LogP contribution is -2.36. The molecule has 7 nitrogen and oxygen atoms in total. The van der Waals surface area contributed by atoms with Crippen molar-refractivity contribution in [2.24, 2.45) is 5.10 Å². The van der Waals surface area contributed by atoms with Crippen molar-refractivity contribution in [2.75, 3.05) is 37.8 Å². The van der Waals surface area contributed by atoms with E-state index >= 15 is 0 Å². The highest BCUT2D eigenvalue weighted by molar-refractivity contribution is 7.13. The molecule has 26 heavy (non-hydrogen) atoms. The number of carbonyl (C=O) groups is 1. The van der Waals surface area contributed by atoms with Crippen LogP contribution in [0.2, 0.25) is 0 Å². The van der Waals surface area contributed by atoms with Gasteiger partial charge >= 0.3 is 0 Å². The molecule has 0 atom stereocenters. The Bertz CT molecular complexity index is 739. The van der Waals surface area contributed by atoms with E-state index in [1.807, 2.05) is 36.6 Å².